The topological polar surface area (TPSA) is 59.0 Å². The van der Waals surface area contributed by atoms with Gasteiger partial charge in [0, 0.05) is 25.3 Å². The number of aliphatic hydroxyl groups is 1. The molecule has 0 aliphatic heterocycles. The molecule has 5 nitrogen and oxygen atoms in total. The number of hydrogen-bond donors (Lipinski definition) is 1. The zero-order valence-corrected chi connectivity index (χ0v) is 12.4. The Bertz CT molecular complexity index is 434. The second kappa shape index (κ2) is 8.43. The van der Waals surface area contributed by atoms with Gasteiger partial charge in [-0.25, -0.2) is 0 Å². The van der Waals surface area contributed by atoms with Gasteiger partial charge < -0.3 is 19.5 Å². The Morgan fingerprint density at radius 1 is 1.30 bits per heavy atom. The molecule has 0 radical (unpaired) electrons. The summed E-state index contributed by atoms with van der Waals surface area (Å²) in [5, 5.41) is 8.87. The van der Waals surface area contributed by atoms with Crippen molar-refractivity contribution in [2.24, 2.45) is 0 Å². The molecule has 0 saturated heterocycles. The van der Waals surface area contributed by atoms with Crippen LogP contribution in [0.4, 0.5) is 0 Å². The van der Waals surface area contributed by atoms with Gasteiger partial charge in [-0.3, -0.25) is 4.79 Å². The fourth-order valence-electron chi connectivity index (χ4n) is 1.92. The zero-order valence-electron chi connectivity index (χ0n) is 12.4. The van der Waals surface area contributed by atoms with E-state index in [1.54, 1.807) is 30.2 Å². The van der Waals surface area contributed by atoms with E-state index in [1.165, 1.54) is 0 Å². The number of methoxy groups -OCH3 is 1. The molecule has 1 rings (SSSR count). The van der Waals surface area contributed by atoms with E-state index in [-0.39, 0.29) is 12.5 Å². The number of carbonyl (C=O) groups is 1. The van der Waals surface area contributed by atoms with Crippen LogP contribution in [0.1, 0.15) is 30.6 Å². The molecule has 0 bridgehead atoms. The number of rotatable bonds is 8. The van der Waals surface area contributed by atoms with Gasteiger partial charge in [0.15, 0.2) is 11.5 Å². The van der Waals surface area contributed by atoms with Crippen molar-refractivity contribution >= 4 is 5.91 Å². The van der Waals surface area contributed by atoms with E-state index in [1.807, 2.05) is 13.8 Å². The van der Waals surface area contributed by atoms with Crippen LogP contribution in [0.3, 0.4) is 0 Å². The third-order valence-corrected chi connectivity index (χ3v) is 2.97. The van der Waals surface area contributed by atoms with Crippen LogP contribution in [-0.2, 0) is 0 Å². The quantitative estimate of drug-likeness (QED) is 0.791. The Hall–Kier alpha value is -1.75. The van der Waals surface area contributed by atoms with E-state index in [0.717, 1.165) is 0 Å². The van der Waals surface area contributed by atoms with Crippen molar-refractivity contribution in [2.75, 3.05) is 33.4 Å². The molecule has 112 valence electrons. The highest BCUT2D eigenvalue weighted by Crippen LogP contribution is 2.28. The third kappa shape index (κ3) is 4.13. The average Bonchev–Trinajstić information content (AvgIpc) is 2.48. The summed E-state index contributed by atoms with van der Waals surface area (Å²) in [5.41, 5.74) is 0.560. The largest absolute Gasteiger partial charge is 0.493 e. The highest BCUT2D eigenvalue weighted by atomic mass is 16.5. The summed E-state index contributed by atoms with van der Waals surface area (Å²) in [6.45, 7) is 5.58. The molecule has 0 aliphatic rings. The number of carbonyl (C=O) groups excluding carboxylic acids is 1. The minimum atomic E-state index is -0.0673. The number of nitrogens with zero attached hydrogens (tertiary/aromatic N) is 1. The number of hydrogen-bond acceptors (Lipinski definition) is 4. The van der Waals surface area contributed by atoms with Crippen molar-refractivity contribution in [3.05, 3.63) is 23.8 Å². The van der Waals surface area contributed by atoms with Crippen LogP contribution in [0.5, 0.6) is 11.5 Å². The van der Waals surface area contributed by atoms with Gasteiger partial charge in [0.1, 0.15) is 0 Å². The molecule has 0 spiro atoms. The molecule has 0 unspecified atom stereocenters. The fourth-order valence-corrected chi connectivity index (χ4v) is 1.92. The number of benzene rings is 1. The van der Waals surface area contributed by atoms with E-state index in [0.29, 0.717) is 43.2 Å². The first kappa shape index (κ1) is 16.3. The van der Waals surface area contributed by atoms with Crippen LogP contribution in [0.2, 0.25) is 0 Å². The molecule has 1 aromatic carbocycles. The number of amides is 1. The maximum absolute atomic E-state index is 12.4. The van der Waals surface area contributed by atoms with Crippen molar-refractivity contribution in [1.29, 1.82) is 0 Å². The van der Waals surface area contributed by atoms with E-state index in [4.69, 9.17) is 14.6 Å². The summed E-state index contributed by atoms with van der Waals surface area (Å²) < 4.78 is 10.7. The van der Waals surface area contributed by atoms with Gasteiger partial charge in [-0.15, -0.1) is 0 Å². The lowest BCUT2D eigenvalue weighted by Crippen LogP contribution is -2.32. The maximum atomic E-state index is 12.4. The van der Waals surface area contributed by atoms with Gasteiger partial charge >= 0.3 is 0 Å². The van der Waals surface area contributed by atoms with Crippen LogP contribution in [0, 0.1) is 0 Å². The Balaban J connectivity index is 2.91. The minimum absolute atomic E-state index is 0.0673. The monoisotopic (exact) mass is 281 g/mol. The summed E-state index contributed by atoms with van der Waals surface area (Å²) in [6, 6.07) is 5.17. The summed E-state index contributed by atoms with van der Waals surface area (Å²) in [4.78, 5) is 14.1. The molecule has 1 N–H and O–H groups in total. The van der Waals surface area contributed by atoms with Crippen LogP contribution >= 0.6 is 0 Å². The predicted molar refractivity (Wildman–Crippen MR) is 77.4 cm³/mol. The summed E-state index contributed by atoms with van der Waals surface area (Å²) >= 11 is 0. The number of aliphatic hydroxyl groups excluding tert-OH is 1. The van der Waals surface area contributed by atoms with Crippen molar-refractivity contribution < 1.29 is 19.4 Å². The highest BCUT2D eigenvalue weighted by Gasteiger charge is 2.16. The molecule has 1 aromatic rings. The number of ether oxygens (including phenoxy) is 2. The smallest absolute Gasteiger partial charge is 0.253 e. The van der Waals surface area contributed by atoms with Crippen molar-refractivity contribution in [3.63, 3.8) is 0 Å². The molecule has 5 heteroatoms. The first-order chi connectivity index (χ1) is 9.67. The molecular weight excluding hydrogens is 258 g/mol. The summed E-state index contributed by atoms with van der Waals surface area (Å²) in [6.07, 6.45) is 0.577. The van der Waals surface area contributed by atoms with E-state index in [9.17, 15) is 4.79 Å². The molecule has 1 amide bonds. The molecule has 0 fully saturated rings. The summed E-state index contributed by atoms with van der Waals surface area (Å²) in [7, 11) is 1.55. The lowest BCUT2D eigenvalue weighted by atomic mass is 10.1. The third-order valence-electron chi connectivity index (χ3n) is 2.97. The van der Waals surface area contributed by atoms with Gasteiger partial charge in [-0.1, -0.05) is 0 Å². The molecule has 20 heavy (non-hydrogen) atoms. The fraction of sp³-hybridized carbons (Fsp3) is 0.533. The second-order valence-corrected chi connectivity index (χ2v) is 4.26. The van der Waals surface area contributed by atoms with Gasteiger partial charge in [-0.05, 0) is 38.5 Å². The highest BCUT2D eigenvalue weighted by molar-refractivity contribution is 5.94. The van der Waals surface area contributed by atoms with Crippen molar-refractivity contribution in [2.45, 2.75) is 20.3 Å². The standard InChI is InChI=1S/C15H23NO4/c1-4-16(9-6-10-17)15(18)12-7-8-13(20-5-2)14(11-12)19-3/h7-8,11,17H,4-6,9-10H2,1-3H3. The Morgan fingerprint density at radius 3 is 2.60 bits per heavy atom. The van der Waals surface area contributed by atoms with Crippen molar-refractivity contribution in [3.8, 4) is 11.5 Å². The molecule has 0 atom stereocenters. The summed E-state index contributed by atoms with van der Waals surface area (Å²) in [5.74, 6) is 1.11. The van der Waals surface area contributed by atoms with Gasteiger partial charge in [0.05, 0.1) is 13.7 Å². The first-order valence-electron chi connectivity index (χ1n) is 6.88. The van der Waals surface area contributed by atoms with Crippen LogP contribution in [0.15, 0.2) is 18.2 Å². The molecule has 0 saturated carbocycles. The Morgan fingerprint density at radius 2 is 2.05 bits per heavy atom. The van der Waals surface area contributed by atoms with Crippen LogP contribution in [-0.4, -0.2) is 49.3 Å². The van der Waals surface area contributed by atoms with Gasteiger partial charge in [0.2, 0.25) is 0 Å². The van der Waals surface area contributed by atoms with Crippen molar-refractivity contribution in [1.82, 2.24) is 4.90 Å². The van der Waals surface area contributed by atoms with E-state index >= 15 is 0 Å². The second-order valence-electron chi connectivity index (χ2n) is 4.26. The SMILES string of the molecule is CCOc1ccc(C(=O)N(CC)CCCO)cc1OC. The van der Waals surface area contributed by atoms with Crippen LogP contribution < -0.4 is 9.47 Å². The lowest BCUT2D eigenvalue weighted by molar-refractivity contribution is 0.0754. The van der Waals surface area contributed by atoms with Crippen LogP contribution in [0.25, 0.3) is 0 Å². The maximum Gasteiger partial charge on any atom is 0.253 e. The zero-order chi connectivity index (χ0) is 15.0. The Labute approximate surface area is 120 Å². The first-order valence-corrected chi connectivity index (χ1v) is 6.88. The normalized spacial score (nSPS) is 10.2. The lowest BCUT2D eigenvalue weighted by Gasteiger charge is -2.21. The molecular formula is C15H23NO4. The van der Waals surface area contributed by atoms with Gasteiger partial charge in [-0.2, -0.15) is 0 Å². The van der Waals surface area contributed by atoms with E-state index < -0.39 is 0 Å². The molecule has 0 aliphatic carbocycles. The van der Waals surface area contributed by atoms with Gasteiger partial charge in [0.25, 0.3) is 5.91 Å². The molecule has 0 aromatic heterocycles. The predicted octanol–water partition coefficient (Wildman–Crippen LogP) is 1.94. The average molecular weight is 281 g/mol. The minimum Gasteiger partial charge on any atom is -0.493 e. The van der Waals surface area contributed by atoms with E-state index in [2.05, 4.69) is 0 Å². The Kier molecular flexibility index (Phi) is 6.87. The molecule has 0 heterocycles.